The van der Waals surface area contributed by atoms with Gasteiger partial charge in [-0.1, -0.05) is 0 Å². The predicted octanol–water partition coefficient (Wildman–Crippen LogP) is -4.52. The summed E-state index contributed by atoms with van der Waals surface area (Å²) in [6.07, 6.45) is -7.36. The van der Waals surface area contributed by atoms with Gasteiger partial charge in [0.25, 0.3) is 11.5 Å². The summed E-state index contributed by atoms with van der Waals surface area (Å²) in [5, 5.41) is 59.5. The molecule has 0 bridgehead atoms. The molecule has 1 aliphatic rings. The lowest BCUT2D eigenvalue weighted by Crippen LogP contribution is -2.65. The van der Waals surface area contributed by atoms with E-state index in [1.165, 1.54) is 0 Å². The standard InChI is InChI=1S/C11H15N5O8/c12-9-14-7-3(8(21)15-9)13-10(22)16(7)11(23)6(20)5(19)4(18)2(1-17)24-11/h2,4-6,17-20,23H,1H2,(H,13,22)(H3,12,14,15,21)/t2-,4-,5+,6-,11+/m1/s1. The van der Waals surface area contributed by atoms with Crippen LogP contribution in [0.1, 0.15) is 0 Å². The molecule has 0 aromatic carbocycles. The van der Waals surface area contributed by atoms with E-state index in [9.17, 15) is 35.4 Å². The Bertz CT molecular complexity index is 834. The average Bonchev–Trinajstić information content (AvgIpc) is 2.86. The van der Waals surface area contributed by atoms with Crippen molar-refractivity contribution < 1.29 is 35.4 Å². The fraction of sp³-hybridized carbons (Fsp3) is 0.545. The van der Waals surface area contributed by atoms with Gasteiger partial charge in [0.15, 0.2) is 17.3 Å². The van der Waals surface area contributed by atoms with E-state index in [4.69, 9.17) is 10.5 Å². The highest BCUT2D eigenvalue weighted by Crippen LogP contribution is 2.36. The Morgan fingerprint density at radius 2 is 1.96 bits per heavy atom. The third kappa shape index (κ3) is 2.15. The lowest BCUT2D eigenvalue weighted by atomic mass is 9.96. The second-order valence-electron chi connectivity index (χ2n) is 5.29. The fourth-order valence-corrected chi connectivity index (χ4v) is 2.59. The number of H-pyrrole nitrogens is 1. The highest BCUT2D eigenvalue weighted by atomic mass is 16.7. The van der Waals surface area contributed by atoms with Crippen LogP contribution in [0.2, 0.25) is 0 Å². The van der Waals surface area contributed by atoms with Crippen molar-refractivity contribution in [3.8, 4) is 6.01 Å². The van der Waals surface area contributed by atoms with Crippen molar-refractivity contribution in [2.24, 2.45) is 0 Å². The van der Waals surface area contributed by atoms with Crippen molar-refractivity contribution in [2.45, 2.75) is 30.3 Å². The monoisotopic (exact) mass is 345 g/mol. The van der Waals surface area contributed by atoms with Gasteiger partial charge in [0.05, 0.1) is 6.61 Å². The van der Waals surface area contributed by atoms with E-state index in [-0.39, 0.29) is 5.95 Å². The largest absolute Gasteiger partial charge is 0.480 e. The zero-order chi connectivity index (χ0) is 17.8. The second-order valence-corrected chi connectivity index (χ2v) is 5.29. The molecule has 13 heteroatoms. The number of nitrogens with zero attached hydrogens (tertiary/aromatic N) is 3. The van der Waals surface area contributed by atoms with Crippen LogP contribution in [0.4, 0.5) is 5.95 Å². The van der Waals surface area contributed by atoms with Crippen molar-refractivity contribution >= 4 is 17.1 Å². The summed E-state index contributed by atoms with van der Waals surface area (Å²) < 4.78 is 5.47. The zero-order valence-corrected chi connectivity index (χ0v) is 11.9. The fourth-order valence-electron chi connectivity index (χ4n) is 2.59. The highest BCUT2D eigenvalue weighted by Gasteiger charge is 2.56. The first-order chi connectivity index (χ1) is 11.2. The van der Waals surface area contributed by atoms with Crippen LogP contribution in [-0.4, -0.2) is 81.2 Å². The van der Waals surface area contributed by atoms with Gasteiger partial charge in [-0.15, -0.1) is 0 Å². The number of aromatic nitrogens is 4. The van der Waals surface area contributed by atoms with Gasteiger partial charge >= 0.3 is 6.01 Å². The first kappa shape index (κ1) is 16.6. The van der Waals surface area contributed by atoms with Gasteiger partial charge < -0.3 is 41.1 Å². The van der Waals surface area contributed by atoms with Crippen molar-refractivity contribution in [3.05, 3.63) is 10.4 Å². The second kappa shape index (κ2) is 5.37. The van der Waals surface area contributed by atoms with Crippen LogP contribution in [0.5, 0.6) is 6.01 Å². The molecular weight excluding hydrogens is 330 g/mol. The maximum absolute atomic E-state index is 11.8. The van der Waals surface area contributed by atoms with Crippen molar-refractivity contribution in [1.29, 1.82) is 0 Å². The zero-order valence-electron chi connectivity index (χ0n) is 11.9. The SMILES string of the molecule is Nc1nc2c(nc(O)n2[C@@]2(O)O[C@H](CO)[C@@H](O)[C@H](O)[C@H]2O)c(=O)[nH]1. The van der Waals surface area contributed by atoms with Gasteiger partial charge in [0, 0.05) is 0 Å². The molecule has 2 aromatic heterocycles. The van der Waals surface area contributed by atoms with Crippen molar-refractivity contribution in [1.82, 2.24) is 19.5 Å². The Balaban J connectivity index is 2.25. The lowest BCUT2D eigenvalue weighted by Gasteiger charge is -2.45. The summed E-state index contributed by atoms with van der Waals surface area (Å²) in [5.41, 5.74) is 3.70. The van der Waals surface area contributed by atoms with Gasteiger partial charge in [0.2, 0.25) is 5.95 Å². The third-order valence-corrected chi connectivity index (χ3v) is 3.78. The lowest BCUT2D eigenvalue weighted by molar-refractivity contribution is -0.390. The molecule has 0 saturated carbocycles. The number of aliphatic hydroxyl groups excluding tert-OH is 4. The number of aromatic hydroxyl groups is 1. The number of hydrogen-bond acceptors (Lipinski definition) is 11. The summed E-state index contributed by atoms with van der Waals surface area (Å²) in [4.78, 5) is 21.1. The van der Waals surface area contributed by atoms with E-state index in [0.29, 0.717) is 4.57 Å². The molecule has 5 atom stereocenters. The molecule has 3 heterocycles. The smallest absolute Gasteiger partial charge is 0.300 e. The van der Waals surface area contributed by atoms with Crippen LogP contribution in [0.25, 0.3) is 11.2 Å². The number of imidazole rings is 1. The number of aromatic amines is 1. The summed E-state index contributed by atoms with van der Waals surface area (Å²) in [5.74, 6) is -3.26. The Morgan fingerprint density at radius 1 is 1.29 bits per heavy atom. The minimum Gasteiger partial charge on any atom is -0.480 e. The number of fused-ring (bicyclic) bond motifs is 1. The van der Waals surface area contributed by atoms with Crippen LogP contribution < -0.4 is 11.3 Å². The van der Waals surface area contributed by atoms with Crippen LogP contribution in [-0.2, 0) is 10.6 Å². The van der Waals surface area contributed by atoms with Gasteiger partial charge in [-0.3, -0.25) is 9.78 Å². The molecule has 0 spiro atoms. The molecule has 3 rings (SSSR count). The number of anilines is 1. The van der Waals surface area contributed by atoms with Gasteiger partial charge in [-0.05, 0) is 0 Å². The number of nitrogens with one attached hydrogen (secondary N) is 1. The molecular formula is C11H15N5O8. The van der Waals surface area contributed by atoms with Crippen LogP contribution in [0, 0.1) is 0 Å². The summed E-state index contributed by atoms with van der Waals surface area (Å²) in [6.45, 7) is -0.823. The van der Waals surface area contributed by atoms with Crippen LogP contribution in [0.15, 0.2) is 4.79 Å². The molecule has 0 unspecified atom stereocenters. The molecule has 2 aromatic rings. The molecule has 13 nitrogen and oxygen atoms in total. The first-order valence-corrected chi connectivity index (χ1v) is 6.73. The summed E-state index contributed by atoms with van der Waals surface area (Å²) in [6, 6.07) is -0.976. The molecule has 132 valence electrons. The number of nitrogens with two attached hydrogens (primary N) is 1. The molecule has 0 amide bonds. The Labute approximate surface area is 132 Å². The van der Waals surface area contributed by atoms with Gasteiger partial charge in [0.1, 0.15) is 18.3 Å². The molecule has 0 aliphatic carbocycles. The Hall–Kier alpha value is -2.29. The average molecular weight is 345 g/mol. The Morgan fingerprint density at radius 3 is 2.58 bits per heavy atom. The molecule has 9 N–H and O–H groups in total. The van der Waals surface area contributed by atoms with Crippen LogP contribution >= 0.6 is 0 Å². The minimum absolute atomic E-state index is 0.373. The maximum Gasteiger partial charge on any atom is 0.300 e. The van der Waals surface area contributed by atoms with Crippen molar-refractivity contribution in [2.75, 3.05) is 12.3 Å². The van der Waals surface area contributed by atoms with Gasteiger partial charge in [-0.25, -0.2) is 4.57 Å². The van der Waals surface area contributed by atoms with E-state index < -0.39 is 59.7 Å². The minimum atomic E-state index is -2.89. The highest BCUT2D eigenvalue weighted by molar-refractivity contribution is 5.72. The maximum atomic E-state index is 11.8. The van der Waals surface area contributed by atoms with Crippen LogP contribution in [0.3, 0.4) is 0 Å². The molecule has 1 saturated heterocycles. The Kier molecular flexibility index (Phi) is 3.71. The number of aliphatic hydroxyl groups is 5. The normalized spacial score (nSPS) is 33.9. The van der Waals surface area contributed by atoms with E-state index in [0.717, 1.165) is 0 Å². The quantitative estimate of drug-likeness (QED) is 0.259. The summed E-state index contributed by atoms with van der Waals surface area (Å²) in [7, 11) is 0. The van der Waals surface area contributed by atoms with E-state index in [1.54, 1.807) is 0 Å². The molecule has 0 radical (unpaired) electrons. The topological polar surface area (TPSA) is 220 Å². The van der Waals surface area contributed by atoms with Gasteiger partial charge in [-0.2, -0.15) is 9.97 Å². The summed E-state index contributed by atoms with van der Waals surface area (Å²) >= 11 is 0. The number of rotatable bonds is 2. The third-order valence-electron chi connectivity index (χ3n) is 3.78. The number of hydrogen-bond donors (Lipinski definition) is 8. The van der Waals surface area contributed by atoms with Crippen molar-refractivity contribution in [3.63, 3.8) is 0 Å². The number of ether oxygens (including phenoxy) is 1. The first-order valence-electron chi connectivity index (χ1n) is 6.73. The van der Waals surface area contributed by atoms with E-state index >= 15 is 0 Å². The molecule has 1 fully saturated rings. The molecule has 24 heavy (non-hydrogen) atoms. The number of nitrogen functional groups attached to an aromatic ring is 1. The predicted molar refractivity (Wildman–Crippen MR) is 74.4 cm³/mol. The van der Waals surface area contributed by atoms with E-state index in [1.807, 2.05) is 0 Å². The molecule has 1 aliphatic heterocycles. The van der Waals surface area contributed by atoms with E-state index in [2.05, 4.69) is 15.0 Å².